The Kier molecular flexibility index (Phi) is 49.4. The lowest BCUT2D eigenvalue weighted by molar-refractivity contribution is -0.220. The molecule has 0 radical (unpaired) electrons. The summed E-state index contributed by atoms with van der Waals surface area (Å²) in [7, 11) is -5.13. The summed E-state index contributed by atoms with van der Waals surface area (Å²) >= 11 is 0. The summed E-state index contributed by atoms with van der Waals surface area (Å²) in [5.74, 6) is -1.08. The first kappa shape index (κ1) is 72.6. The van der Waals surface area contributed by atoms with Crippen molar-refractivity contribution < 1.29 is 63.1 Å². The van der Waals surface area contributed by atoms with Gasteiger partial charge in [-0.3, -0.25) is 18.6 Å². The number of rotatable bonds is 56. The molecule has 0 aliphatic heterocycles. The summed E-state index contributed by atoms with van der Waals surface area (Å²) in [5, 5.41) is 50.5. The molecule has 0 bridgehead atoms. The number of carbonyl (C=O) groups is 2. The second kappa shape index (κ2) is 51.7. The van der Waals surface area contributed by atoms with E-state index in [2.05, 4.69) is 26.0 Å². The Bertz CT molecular complexity index is 1370. The third-order valence-corrected chi connectivity index (χ3v) is 16.3. The number of ether oxygens (including phenoxy) is 2. The van der Waals surface area contributed by atoms with E-state index in [1.807, 2.05) is 0 Å². The summed E-state index contributed by atoms with van der Waals surface area (Å²) in [5.41, 5.74) is 0. The van der Waals surface area contributed by atoms with Gasteiger partial charge in [-0.15, -0.1) is 0 Å². The number of esters is 2. The minimum Gasteiger partial charge on any atom is -0.462 e. The molecule has 1 rings (SSSR count). The standard InChI is InChI=1S/C62H119O13P/c1-3-5-7-9-11-13-15-17-19-21-23-25-27-29-30-32-34-36-38-40-42-44-46-48-50-55(63)72-52-54(53-73-76(70,71)75-62-60(68)58(66)57(65)59(67)61(62)69)74-56(64)51-49-47-45-43-41-39-37-35-33-31-28-26-24-22-20-18-16-14-12-10-8-6-4-2/h22,24,54,57-62,65-69H,3-21,23,25-53H2,1-2H3,(H,70,71)/b24-22-. The van der Waals surface area contributed by atoms with Crippen molar-refractivity contribution in [3.05, 3.63) is 12.2 Å². The van der Waals surface area contributed by atoms with E-state index in [9.17, 15) is 44.6 Å². The molecule has 1 aliphatic rings. The lowest BCUT2D eigenvalue weighted by Gasteiger charge is -2.41. The normalized spacial score (nSPS) is 20.1. The number of carbonyl (C=O) groups excluding carboxylic acids is 2. The summed E-state index contributed by atoms with van der Waals surface area (Å²) in [4.78, 5) is 36.1. The Labute approximate surface area is 464 Å². The van der Waals surface area contributed by atoms with E-state index in [-0.39, 0.29) is 12.8 Å². The van der Waals surface area contributed by atoms with Crippen molar-refractivity contribution in [3.8, 4) is 0 Å². The zero-order valence-corrected chi connectivity index (χ0v) is 49.7. The number of phosphoric acid groups is 1. The molecule has 6 N–H and O–H groups in total. The number of hydrogen-bond donors (Lipinski definition) is 6. The van der Waals surface area contributed by atoms with Crippen molar-refractivity contribution >= 4 is 19.8 Å². The maximum Gasteiger partial charge on any atom is 0.472 e. The van der Waals surface area contributed by atoms with Crippen LogP contribution in [0.25, 0.3) is 0 Å². The van der Waals surface area contributed by atoms with Gasteiger partial charge in [0.05, 0.1) is 6.61 Å². The third kappa shape index (κ3) is 42.5. The average molecular weight is 1100 g/mol. The third-order valence-electron chi connectivity index (χ3n) is 15.4. The Morgan fingerprint density at radius 3 is 1.00 bits per heavy atom. The summed E-state index contributed by atoms with van der Waals surface area (Å²) in [6.07, 6.45) is 48.4. The Morgan fingerprint density at radius 1 is 0.395 bits per heavy atom. The van der Waals surface area contributed by atoms with Crippen LogP contribution in [0.5, 0.6) is 0 Å². The highest BCUT2D eigenvalue weighted by molar-refractivity contribution is 7.47. The van der Waals surface area contributed by atoms with Gasteiger partial charge in [0.15, 0.2) is 6.10 Å². The summed E-state index contributed by atoms with van der Waals surface area (Å²) in [6.45, 7) is 3.39. The quantitative estimate of drug-likeness (QED) is 0.0145. The van der Waals surface area contributed by atoms with Crippen LogP contribution in [-0.2, 0) is 32.7 Å². The van der Waals surface area contributed by atoms with Crippen molar-refractivity contribution in [2.75, 3.05) is 13.2 Å². The van der Waals surface area contributed by atoms with Crippen LogP contribution in [0.1, 0.15) is 316 Å². The molecule has 0 aromatic rings. The molecule has 14 heteroatoms. The van der Waals surface area contributed by atoms with Crippen LogP contribution in [0.4, 0.5) is 0 Å². The van der Waals surface area contributed by atoms with Crippen molar-refractivity contribution in [3.63, 3.8) is 0 Å². The van der Waals surface area contributed by atoms with Crippen LogP contribution >= 0.6 is 7.82 Å². The number of allylic oxidation sites excluding steroid dienone is 2. The smallest absolute Gasteiger partial charge is 0.462 e. The maximum atomic E-state index is 12.9. The molecule has 0 aromatic heterocycles. The van der Waals surface area contributed by atoms with Gasteiger partial charge in [0.25, 0.3) is 0 Å². The van der Waals surface area contributed by atoms with Crippen LogP contribution in [-0.4, -0.2) is 98.3 Å². The number of hydrogen-bond acceptors (Lipinski definition) is 12. The van der Waals surface area contributed by atoms with E-state index in [1.54, 1.807) is 0 Å². The largest absolute Gasteiger partial charge is 0.472 e. The molecule has 0 aromatic carbocycles. The van der Waals surface area contributed by atoms with E-state index in [1.165, 1.54) is 231 Å². The molecular weight excluding hydrogens is 984 g/mol. The number of phosphoric ester groups is 1. The van der Waals surface area contributed by atoms with Gasteiger partial charge in [-0.2, -0.15) is 0 Å². The molecule has 1 saturated carbocycles. The van der Waals surface area contributed by atoms with E-state index in [0.717, 1.165) is 44.9 Å². The summed E-state index contributed by atoms with van der Waals surface area (Å²) in [6, 6.07) is 0. The highest BCUT2D eigenvalue weighted by atomic mass is 31.2. The van der Waals surface area contributed by atoms with Crippen LogP contribution in [0.15, 0.2) is 12.2 Å². The van der Waals surface area contributed by atoms with Gasteiger partial charge in [-0.25, -0.2) is 4.57 Å². The first-order valence-corrected chi connectivity index (χ1v) is 33.5. The molecule has 1 aliphatic carbocycles. The molecule has 1 fully saturated rings. The van der Waals surface area contributed by atoms with Crippen LogP contribution in [0.3, 0.4) is 0 Å². The van der Waals surface area contributed by atoms with Crippen LogP contribution < -0.4 is 0 Å². The molecule has 13 nitrogen and oxygen atoms in total. The predicted octanol–water partition coefficient (Wildman–Crippen LogP) is 15.7. The minimum atomic E-state index is -5.13. The molecule has 450 valence electrons. The second-order valence-electron chi connectivity index (χ2n) is 22.6. The maximum absolute atomic E-state index is 12.9. The van der Waals surface area contributed by atoms with Gasteiger partial charge in [0.2, 0.25) is 0 Å². The number of aliphatic hydroxyl groups excluding tert-OH is 5. The highest BCUT2D eigenvalue weighted by Gasteiger charge is 2.51. The van der Waals surface area contributed by atoms with Gasteiger partial charge in [-0.05, 0) is 38.5 Å². The molecular formula is C62H119O13P. The molecule has 0 heterocycles. The van der Waals surface area contributed by atoms with Crippen molar-refractivity contribution in [1.29, 1.82) is 0 Å². The first-order chi connectivity index (χ1) is 36.9. The highest BCUT2D eigenvalue weighted by Crippen LogP contribution is 2.47. The predicted molar refractivity (Wildman–Crippen MR) is 309 cm³/mol. The molecule has 76 heavy (non-hydrogen) atoms. The first-order valence-electron chi connectivity index (χ1n) is 32.0. The minimum absolute atomic E-state index is 0.101. The van der Waals surface area contributed by atoms with E-state index >= 15 is 0 Å². The molecule has 0 saturated heterocycles. The van der Waals surface area contributed by atoms with Gasteiger partial charge in [0, 0.05) is 12.8 Å². The zero-order valence-electron chi connectivity index (χ0n) is 48.8. The lowest BCUT2D eigenvalue weighted by Crippen LogP contribution is -2.64. The second-order valence-corrected chi connectivity index (χ2v) is 24.0. The number of unbranched alkanes of at least 4 members (excludes halogenated alkanes) is 42. The van der Waals surface area contributed by atoms with E-state index < -0.39 is 75.7 Å². The zero-order chi connectivity index (χ0) is 55.6. The van der Waals surface area contributed by atoms with Crippen LogP contribution in [0, 0.1) is 0 Å². The Hall–Kier alpha value is -1.41. The SMILES string of the molecule is CCCCCCCCCC/C=C\CCCCCCCCCCCCCC(=O)OC(COC(=O)CCCCCCCCCCCCCCCCCCCCCCCCCC)COP(=O)(O)OC1C(O)C(O)C(O)C(O)C1O. The molecule has 0 amide bonds. The average Bonchev–Trinajstić information content (AvgIpc) is 3.40. The van der Waals surface area contributed by atoms with E-state index in [0.29, 0.717) is 12.8 Å². The topological polar surface area (TPSA) is 210 Å². The van der Waals surface area contributed by atoms with Gasteiger partial charge < -0.3 is 39.9 Å². The van der Waals surface area contributed by atoms with Crippen molar-refractivity contribution in [1.82, 2.24) is 0 Å². The monoisotopic (exact) mass is 1100 g/mol. The fourth-order valence-electron chi connectivity index (χ4n) is 10.3. The lowest BCUT2D eigenvalue weighted by atomic mass is 9.85. The fourth-order valence-corrected chi connectivity index (χ4v) is 11.3. The van der Waals surface area contributed by atoms with Crippen molar-refractivity contribution in [2.24, 2.45) is 0 Å². The summed E-state index contributed by atoms with van der Waals surface area (Å²) < 4.78 is 33.9. The molecule has 6 atom stereocenters. The Morgan fingerprint density at radius 2 is 0.671 bits per heavy atom. The van der Waals surface area contributed by atoms with Gasteiger partial charge in [0.1, 0.15) is 43.2 Å². The Balaban J connectivity index is 2.27. The van der Waals surface area contributed by atoms with E-state index in [4.69, 9.17) is 18.5 Å². The van der Waals surface area contributed by atoms with Gasteiger partial charge >= 0.3 is 19.8 Å². The molecule has 6 unspecified atom stereocenters. The van der Waals surface area contributed by atoms with Gasteiger partial charge in [-0.1, -0.05) is 276 Å². The number of aliphatic hydroxyl groups is 5. The fraction of sp³-hybridized carbons (Fsp3) is 0.935. The molecule has 0 spiro atoms. The van der Waals surface area contributed by atoms with Crippen molar-refractivity contribution in [2.45, 2.75) is 358 Å². The van der Waals surface area contributed by atoms with Crippen LogP contribution in [0.2, 0.25) is 0 Å².